The molecule has 6 nitrogen and oxygen atoms in total. The molecule has 0 bridgehead atoms. The summed E-state index contributed by atoms with van der Waals surface area (Å²) in [6, 6.07) is 7.35. The third-order valence-corrected chi connectivity index (χ3v) is 5.18. The Morgan fingerprint density at radius 1 is 1.25 bits per heavy atom. The molecule has 0 aliphatic rings. The van der Waals surface area contributed by atoms with Crippen molar-refractivity contribution in [2.24, 2.45) is 0 Å². The van der Waals surface area contributed by atoms with Gasteiger partial charge in [0.2, 0.25) is 0 Å². The fourth-order valence-corrected chi connectivity index (χ4v) is 3.82. The number of rotatable bonds is 5. The number of benzene rings is 1. The van der Waals surface area contributed by atoms with E-state index in [1.54, 1.807) is 29.5 Å². The Hall–Kier alpha value is -2.38. The zero-order valence-electron chi connectivity index (χ0n) is 13.8. The van der Waals surface area contributed by atoms with Gasteiger partial charge in [-0.2, -0.15) is 0 Å². The molecule has 0 aliphatic heterocycles. The molecule has 3 aromatic rings. The summed E-state index contributed by atoms with van der Waals surface area (Å²) in [5.74, 6) is -0.153. The number of carbonyl (C=O) groups excluding carboxylic acids is 1. The van der Waals surface area contributed by atoms with Crippen LogP contribution < -0.4 is 11.0 Å². The topological polar surface area (TPSA) is 81.0 Å². The molecule has 1 amide bonds. The van der Waals surface area contributed by atoms with Gasteiger partial charge in [0, 0.05) is 17.0 Å². The molecule has 126 valence electrons. The normalized spacial score (nSPS) is 12.7. The van der Waals surface area contributed by atoms with Gasteiger partial charge in [0.25, 0.3) is 5.91 Å². The Kier molecular flexibility index (Phi) is 4.55. The van der Waals surface area contributed by atoms with E-state index < -0.39 is 0 Å². The summed E-state index contributed by atoms with van der Waals surface area (Å²) in [6.45, 7) is 2.61. The lowest BCUT2D eigenvalue weighted by atomic mass is 10.1. The Bertz CT molecular complexity index is 922. The molecule has 0 aliphatic carbocycles. The van der Waals surface area contributed by atoms with Crippen LogP contribution in [0.3, 0.4) is 0 Å². The minimum atomic E-state index is -0.275. The van der Waals surface area contributed by atoms with Crippen molar-refractivity contribution >= 4 is 28.3 Å². The highest BCUT2D eigenvalue weighted by molar-refractivity contribution is 7.10. The molecule has 2 heterocycles. The standard InChI is InChI=1S/C17H20N4O2S/c1-10-6-7-24-15(10)14(21(2)3)9-18-16(22)11-4-5-12-13(8-11)20-17(23)19-12/h4-8,14H,9H2,1-3H3,(H,18,22)(H2,19,20,23). The van der Waals surface area contributed by atoms with E-state index in [1.807, 2.05) is 14.1 Å². The van der Waals surface area contributed by atoms with E-state index in [2.05, 4.69) is 38.6 Å². The van der Waals surface area contributed by atoms with E-state index in [1.165, 1.54) is 10.4 Å². The van der Waals surface area contributed by atoms with Gasteiger partial charge < -0.3 is 20.2 Å². The summed E-state index contributed by atoms with van der Waals surface area (Å²) in [4.78, 5) is 32.4. The average Bonchev–Trinajstić information content (AvgIpc) is 3.11. The molecule has 0 saturated carbocycles. The predicted octanol–water partition coefficient (Wildman–Crippen LogP) is 2.26. The number of hydrogen-bond donors (Lipinski definition) is 3. The minimum Gasteiger partial charge on any atom is -0.350 e. The van der Waals surface area contributed by atoms with Gasteiger partial charge in [-0.25, -0.2) is 4.79 Å². The molecule has 3 rings (SSSR count). The minimum absolute atomic E-state index is 0.129. The summed E-state index contributed by atoms with van der Waals surface area (Å²) in [5.41, 5.74) is 2.81. The van der Waals surface area contributed by atoms with Crippen molar-refractivity contribution in [1.29, 1.82) is 0 Å². The number of amides is 1. The van der Waals surface area contributed by atoms with Crippen molar-refractivity contribution in [1.82, 2.24) is 20.2 Å². The van der Waals surface area contributed by atoms with Crippen molar-refractivity contribution in [2.75, 3.05) is 20.6 Å². The maximum atomic E-state index is 12.4. The quantitative estimate of drug-likeness (QED) is 0.664. The Morgan fingerprint density at radius 2 is 2.00 bits per heavy atom. The highest BCUT2D eigenvalue weighted by Crippen LogP contribution is 2.26. The summed E-state index contributed by atoms with van der Waals surface area (Å²) < 4.78 is 0. The van der Waals surface area contributed by atoms with Gasteiger partial charge in [-0.05, 0) is 56.2 Å². The number of thiophene rings is 1. The predicted molar refractivity (Wildman–Crippen MR) is 96.7 cm³/mol. The molecule has 0 spiro atoms. The van der Waals surface area contributed by atoms with Gasteiger partial charge in [0.05, 0.1) is 17.1 Å². The molecule has 0 fully saturated rings. The van der Waals surface area contributed by atoms with Gasteiger partial charge in [0.1, 0.15) is 0 Å². The van der Waals surface area contributed by atoms with Crippen molar-refractivity contribution < 1.29 is 4.79 Å². The smallest absolute Gasteiger partial charge is 0.323 e. The van der Waals surface area contributed by atoms with E-state index in [-0.39, 0.29) is 17.6 Å². The van der Waals surface area contributed by atoms with Crippen LogP contribution in [0.1, 0.15) is 26.8 Å². The van der Waals surface area contributed by atoms with Crippen LogP contribution in [0.15, 0.2) is 34.4 Å². The number of nitrogens with one attached hydrogen (secondary N) is 3. The van der Waals surface area contributed by atoms with Gasteiger partial charge in [-0.3, -0.25) is 4.79 Å². The SMILES string of the molecule is Cc1ccsc1C(CNC(=O)c1ccc2[nH]c(=O)[nH]c2c1)N(C)C. The van der Waals surface area contributed by atoms with Gasteiger partial charge in [-0.1, -0.05) is 0 Å². The zero-order chi connectivity index (χ0) is 17.3. The van der Waals surface area contributed by atoms with Crippen molar-refractivity contribution in [3.63, 3.8) is 0 Å². The first-order chi connectivity index (χ1) is 11.5. The molecule has 24 heavy (non-hydrogen) atoms. The molecule has 0 saturated heterocycles. The van der Waals surface area contributed by atoms with Gasteiger partial charge in [-0.15, -0.1) is 11.3 Å². The number of H-pyrrole nitrogens is 2. The van der Waals surface area contributed by atoms with Crippen LogP contribution in [0.4, 0.5) is 0 Å². The Balaban J connectivity index is 1.75. The largest absolute Gasteiger partial charge is 0.350 e. The Morgan fingerprint density at radius 3 is 2.67 bits per heavy atom. The summed E-state index contributed by atoms with van der Waals surface area (Å²) in [7, 11) is 4.01. The summed E-state index contributed by atoms with van der Waals surface area (Å²) in [6.07, 6.45) is 0. The number of imidazole rings is 1. The third-order valence-electron chi connectivity index (χ3n) is 4.06. The maximum Gasteiger partial charge on any atom is 0.323 e. The van der Waals surface area contributed by atoms with Gasteiger partial charge >= 0.3 is 5.69 Å². The van der Waals surface area contributed by atoms with Crippen LogP contribution in [-0.4, -0.2) is 41.4 Å². The molecule has 7 heteroatoms. The number of nitrogens with zero attached hydrogens (tertiary/aromatic N) is 1. The van der Waals surface area contributed by atoms with E-state index in [0.717, 1.165) is 0 Å². The number of hydrogen-bond acceptors (Lipinski definition) is 4. The van der Waals surface area contributed by atoms with Crippen molar-refractivity contribution in [2.45, 2.75) is 13.0 Å². The highest BCUT2D eigenvalue weighted by atomic mass is 32.1. The summed E-state index contributed by atoms with van der Waals surface area (Å²) in [5, 5.41) is 5.06. The van der Waals surface area contributed by atoms with Crippen molar-refractivity contribution in [3.05, 3.63) is 56.1 Å². The molecule has 2 aromatic heterocycles. The second kappa shape index (κ2) is 6.62. The number of likely N-dealkylation sites (N-methyl/N-ethyl adjacent to an activating group) is 1. The molecular weight excluding hydrogens is 324 g/mol. The second-order valence-electron chi connectivity index (χ2n) is 6.00. The highest BCUT2D eigenvalue weighted by Gasteiger charge is 2.19. The van der Waals surface area contributed by atoms with E-state index in [0.29, 0.717) is 23.1 Å². The van der Waals surface area contributed by atoms with Crippen LogP contribution in [0.2, 0.25) is 0 Å². The summed E-state index contributed by atoms with van der Waals surface area (Å²) >= 11 is 1.70. The number of aromatic nitrogens is 2. The number of aromatic amines is 2. The van der Waals surface area contributed by atoms with E-state index in [9.17, 15) is 9.59 Å². The fourth-order valence-electron chi connectivity index (χ4n) is 2.70. The first-order valence-electron chi connectivity index (χ1n) is 7.66. The molecular formula is C17H20N4O2S. The van der Waals surface area contributed by atoms with E-state index >= 15 is 0 Å². The molecule has 1 atom stereocenters. The monoisotopic (exact) mass is 344 g/mol. The molecule has 3 N–H and O–H groups in total. The van der Waals surface area contributed by atoms with Crippen LogP contribution in [0, 0.1) is 6.92 Å². The lowest BCUT2D eigenvalue weighted by Crippen LogP contribution is -2.34. The third kappa shape index (κ3) is 3.27. The van der Waals surface area contributed by atoms with Crippen LogP contribution in [0.5, 0.6) is 0 Å². The fraction of sp³-hybridized carbons (Fsp3) is 0.294. The second-order valence-corrected chi connectivity index (χ2v) is 6.94. The van der Waals surface area contributed by atoms with Gasteiger partial charge in [0.15, 0.2) is 0 Å². The number of aryl methyl sites for hydroxylation is 1. The van der Waals surface area contributed by atoms with Crippen molar-refractivity contribution in [3.8, 4) is 0 Å². The lowest BCUT2D eigenvalue weighted by Gasteiger charge is -2.24. The van der Waals surface area contributed by atoms with Crippen LogP contribution >= 0.6 is 11.3 Å². The van der Waals surface area contributed by atoms with Crippen LogP contribution in [-0.2, 0) is 0 Å². The first kappa shape index (κ1) is 16.5. The molecule has 0 radical (unpaired) electrons. The molecule has 1 aromatic carbocycles. The zero-order valence-corrected chi connectivity index (χ0v) is 14.7. The average molecular weight is 344 g/mol. The maximum absolute atomic E-state index is 12.4. The Labute approximate surface area is 143 Å². The number of carbonyl (C=O) groups is 1. The van der Waals surface area contributed by atoms with E-state index in [4.69, 9.17) is 0 Å². The van der Waals surface area contributed by atoms with Crippen LogP contribution in [0.25, 0.3) is 11.0 Å². The first-order valence-corrected chi connectivity index (χ1v) is 8.54. The lowest BCUT2D eigenvalue weighted by molar-refractivity contribution is 0.0942. The molecule has 1 unspecified atom stereocenters. The number of fused-ring (bicyclic) bond motifs is 1.